The van der Waals surface area contributed by atoms with Crippen molar-refractivity contribution < 1.29 is 42.5 Å². The molecule has 0 heterocycles. The molecule has 0 saturated heterocycles. The van der Waals surface area contributed by atoms with Crippen molar-refractivity contribution >= 4 is 0 Å². The summed E-state index contributed by atoms with van der Waals surface area (Å²) in [4.78, 5) is 41.2. The minimum atomic E-state index is -1.75. The second kappa shape index (κ2) is 36.0. The molecule has 22 heteroatoms. The number of rotatable bonds is 0. The molecule has 0 saturated carbocycles. The first-order valence-corrected chi connectivity index (χ1v) is 2.74. The van der Waals surface area contributed by atoms with Crippen LogP contribution in [-0.4, -0.2) is 25.4 Å². The Morgan fingerprint density at radius 1 is 0.364 bits per heavy atom. The molecule has 21 nitrogen and oxygen atoms in total. The maximum Gasteiger partial charge on any atom is 3.00 e. The standard InChI is InChI=1S/Cu.5NO3.N/c;5*2-1(3)4;/q+2;5*-1;+3. The summed E-state index contributed by atoms with van der Waals surface area (Å²) in [5.74, 6) is 0. The van der Waals surface area contributed by atoms with E-state index in [2.05, 4.69) is 0 Å². The number of hydrogen-bond donors (Lipinski definition) is 0. The van der Waals surface area contributed by atoms with Crippen LogP contribution in [0.25, 0.3) is 0 Å². The average Bonchev–Trinajstić information content (AvgIpc) is 1.94. The Hall–Kier alpha value is -3.77. The summed E-state index contributed by atoms with van der Waals surface area (Å²) in [6, 6.07) is 0. The van der Waals surface area contributed by atoms with Crippen molar-refractivity contribution in [3.05, 3.63) is 76.6 Å². The topological polar surface area (TPSA) is 361 Å². The first-order chi connectivity index (χ1) is 8.66. The summed E-state index contributed by atoms with van der Waals surface area (Å²) in [5, 5.41) is 73.8. The van der Waals surface area contributed by atoms with Gasteiger partial charge in [-0.3, -0.25) is 0 Å². The van der Waals surface area contributed by atoms with Crippen molar-refractivity contribution in [1.29, 1.82) is 0 Å². The molecule has 3 radical (unpaired) electrons. The van der Waals surface area contributed by atoms with Gasteiger partial charge in [0.05, 0.1) is 25.4 Å². The Morgan fingerprint density at radius 2 is 0.364 bits per heavy atom. The van der Waals surface area contributed by atoms with E-state index in [-0.39, 0.29) is 23.2 Å². The number of hydrogen-bond acceptors (Lipinski definition) is 15. The Bertz CT molecular complexity index is 209. The molecule has 0 fully saturated rings. The van der Waals surface area contributed by atoms with Crippen LogP contribution in [0.4, 0.5) is 0 Å². The fraction of sp³-hybridized carbons (Fsp3) is 0. The van der Waals surface area contributed by atoms with E-state index >= 15 is 0 Å². The first-order valence-electron chi connectivity index (χ1n) is 2.74. The van der Waals surface area contributed by atoms with Crippen LogP contribution >= 0.6 is 0 Å². The largest absolute Gasteiger partial charge is 3.00 e. The molecular weight excluding hydrogens is 388 g/mol. The molecule has 131 valence electrons. The minimum absolute atomic E-state index is 0. The van der Waals surface area contributed by atoms with Crippen LogP contribution in [0.1, 0.15) is 0 Å². The molecule has 0 spiro atoms. The average molecular weight is 388 g/mol. The molecular formula is CuN6O15. The van der Waals surface area contributed by atoms with Gasteiger partial charge in [0.25, 0.3) is 0 Å². The van der Waals surface area contributed by atoms with E-state index in [9.17, 15) is 0 Å². The minimum Gasteiger partial charge on any atom is -0.356 e. The fourth-order valence-corrected chi connectivity index (χ4v) is 0. The molecule has 0 aromatic heterocycles. The van der Waals surface area contributed by atoms with Crippen LogP contribution in [0.5, 0.6) is 0 Å². The van der Waals surface area contributed by atoms with Gasteiger partial charge in [0, 0.05) is 0 Å². The van der Waals surface area contributed by atoms with E-state index in [0.717, 1.165) is 0 Å². The molecule has 0 aliphatic heterocycles. The van der Waals surface area contributed by atoms with Gasteiger partial charge in [-0.2, -0.15) is 0 Å². The Balaban J connectivity index is -0.0000000250. The van der Waals surface area contributed by atoms with Crippen LogP contribution in [0.2, 0.25) is 0 Å². The predicted octanol–water partition coefficient (Wildman–Crippen LogP) is -1.68. The molecule has 0 rings (SSSR count). The molecule has 0 aromatic carbocycles. The third-order valence-corrected chi connectivity index (χ3v) is 0. The second-order valence-corrected chi connectivity index (χ2v) is 1.12. The van der Waals surface area contributed by atoms with Gasteiger partial charge >= 0.3 is 23.2 Å². The Morgan fingerprint density at radius 3 is 0.364 bits per heavy atom. The third-order valence-electron chi connectivity index (χ3n) is 0. The van der Waals surface area contributed by atoms with Crippen molar-refractivity contribution in [1.82, 2.24) is 6.15 Å². The van der Waals surface area contributed by atoms with Gasteiger partial charge in [-0.1, -0.05) is 0 Å². The molecule has 0 aromatic rings. The quantitative estimate of drug-likeness (QED) is 0.254. The summed E-state index contributed by atoms with van der Waals surface area (Å²) >= 11 is 0. The van der Waals surface area contributed by atoms with Crippen LogP contribution in [0.3, 0.4) is 0 Å². The molecule has 0 unspecified atom stereocenters. The zero-order valence-corrected chi connectivity index (χ0v) is 10.1. The van der Waals surface area contributed by atoms with Gasteiger partial charge < -0.3 is 76.6 Å². The smallest absolute Gasteiger partial charge is 0.356 e. The molecule has 0 N–H and O–H groups in total. The van der Waals surface area contributed by atoms with E-state index in [1.165, 1.54) is 0 Å². The van der Waals surface area contributed by atoms with Gasteiger partial charge in [0.1, 0.15) is 0 Å². The SMILES string of the molecule is O=[N+]([O-])[O-].O=[N+]([O-])[O-].O=[N+]([O-])[O-].O=[N+]([O-])[O-].O=[N+]([O-])[O-].[Cu+2].[N+3]. The van der Waals surface area contributed by atoms with Crippen molar-refractivity contribution in [3.8, 4) is 0 Å². The summed E-state index contributed by atoms with van der Waals surface area (Å²) in [5.41, 5.74) is 0. The molecule has 0 aliphatic rings. The van der Waals surface area contributed by atoms with Gasteiger partial charge in [-0.15, -0.1) is 0 Å². The normalized spacial score (nSPS) is 5.45. The molecule has 0 amide bonds. The zero-order valence-electron chi connectivity index (χ0n) is 9.11. The van der Waals surface area contributed by atoms with E-state index < -0.39 is 25.4 Å². The van der Waals surface area contributed by atoms with Gasteiger partial charge in [-0.25, -0.2) is 0 Å². The maximum absolute atomic E-state index is 8.25. The van der Waals surface area contributed by atoms with Crippen LogP contribution < -0.4 is 6.15 Å². The van der Waals surface area contributed by atoms with Crippen LogP contribution in [0, 0.1) is 76.6 Å². The summed E-state index contributed by atoms with van der Waals surface area (Å²) in [7, 11) is 0. The first kappa shape index (κ1) is 42.9. The Labute approximate surface area is 126 Å². The van der Waals surface area contributed by atoms with Crippen molar-refractivity contribution in [3.63, 3.8) is 0 Å². The molecule has 22 heavy (non-hydrogen) atoms. The van der Waals surface area contributed by atoms with Gasteiger partial charge in [0.2, 0.25) is 0 Å². The molecule has 0 bridgehead atoms. The molecule has 0 atom stereocenters. The monoisotopic (exact) mass is 387 g/mol. The van der Waals surface area contributed by atoms with Crippen LogP contribution in [0.15, 0.2) is 0 Å². The zero-order chi connectivity index (χ0) is 17.9. The van der Waals surface area contributed by atoms with Crippen molar-refractivity contribution in [2.75, 3.05) is 0 Å². The van der Waals surface area contributed by atoms with Crippen molar-refractivity contribution in [2.45, 2.75) is 0 Å². The van der Waals surface area contributed by atoms with E-state index in [0.29, 0.717) is 0 Å². The maximum atomic E-state index is 8.25. The van der Waals surface area contributed by atoms with E-state index in [4.69, 9.17) is 76.6 Å². The third kappa shape index (κ3) is 265. The van der Waals surface area contributed by atoms with E-state index in [1.807, 2.05) is 0 Å². The van der Waals surface area contributed by atoms with Gasteiger partial charge in [0.15, 0.2) is 0 Å². The van der Waals surface area contributed by atoms with Crippen molar-refractivity contribution in [2.24, 2.45) is 0 Å². The summed E-state index contributed by atoms with van der Waals surface area (Å²) in [6.45, 7) is 0. The second-order valence-electron chi connectivity index (χ2n) is 1.12. The van der Waals surface area contributed by atoms with Crippen LogP contribution in [-0.2, 0) is 17.1 Å². The number of nitrogens with zero attached hydrogens (tertiary/aromatic N) is 6. The summed E-state index contributed by atoms with van der Waals surface area (Å²) in [6.07, 6.45) is 0. The summed E-state index contributed by atoms with van der Waals surface area (Å²) < 4.78 is 0. The van der Waals surface area contributed by atoms with E-state index in [1.54, 1.807) is 0 Å². The molecule has 0 aliphatic carbocycles. The Kier molecular flexibility index (Phi) is 70.2. The fourth-order valence-electron chi connectivity index (χ4n) is 0. The predicted molar refractivity (Wildman–Crippen MR) is 53.9 cm³/mol. The van der Waals surface area contributed by atoms with Gasteiger partial charge in [-0.05, 0) is 0 Å².